The van der Waals surface area contributed by atoms with Crippen molar-refractivity contribution in [1.29, 1.82) is 0 Å². The minimum Gasteiger partial charge on any atom is -0.393 e. The van der Waals surface area contributed by atoms with E-state index in [0.29, 0.717) is 5.56 Å². The maximum Gasteiger partial charge on any atom is 0.333 e. The first-order chi connectivity index (χ1) is 17.0. The molecule has 1 saturated carbocycles. The molecule has 0 saturated heterocycles. The number of aliphatic hydroxyl groups is 2. The molecular weight excluding hydrogens is 532 g/mol. The van der Waals surface area contributed by atoms with Crippen molar-refractivity contribution < 1.29 is 32.4 Å². The molecule has 1 aliphatic carbocycles. The third-order valence-electron chi connectivity index (χ3n) is 5.64. The van der Waals surface area contributed by atoms with Crippen LogP contribution in [-0.4, -0.2) is 58.6 Å². The third kappa shape index (κ3) is 5.95. The van der Waals surface area contributed by atoms with Crippen LogP contribution in [0.15, 0.2) is 48.9 Å². The van der Waals surface area contributed by atoms with Gasteiger partial charge in [0.15, 0.2) is 5.78 Å². The van der Waals surface area contributed by atoms with E-state index in [4.69, 9.17) is 16.7 Å². The van der Waals surface area contributed by atoms with Crippen LogP contribution in [0.4, 0.5) is 5.82 Å². The minimum absolute atomic E-state index is 0.00118. The zero-order valence-electron chi connectivity index (χ0n) is 18.5. The maximum atomic E-state index is 13.3. The average Bonchev–Trinajstić information content (AvgIpc) is 3.35. The van der Waals surface area contributed by atoms with Gasteiger partial charge in [0.05, 0.1) is 28.7 Å². The second kappa shape index (κ2) is 10.3. The topological polar surface area (TPSA) is 182 Å². The number of benzene rings is 1. The molecule has 4 rings (SSSR count). The van der Waals surface area contributed by atoms with E-state index in [2.05, 4.69) is 19.5 Å². The van der Waals surface area contributed by atoms with Gasteiger partial charge in [0.25, 0.3) is 0 Å². The molecule has 1 aromatic carbocycles. The number of carbonyl (C=O) groups excluding carboxylic acids is 2. The summed E-state index contributed by atoms with van der Waals surface area (Å²) in [6.45, 7) is -0.425. The summed E-state index contributed by atoms with van der Waals surface area (Å²) in [5.74, 6) is -1.63. The Bertz CT molecular complexity index is 1400. The van der Waals surface area contributed by atoms with E-state index >= 15 is 0 Å². The van der Waals surface area contributed by atoms with E-state index < -0.39 is 40.4 Å². The molecule has 0 radical (unpaired) electrons. The van der Waals surface area contributed by atoms with Gasteiger partial charge in [0.2, 0.25) is 5.78 Å². The lowest BCUT2D eigenvalue weighted by Crippen LogP contribution is -2.37. The van der Waals surface area contributed by atoms with E-state index in [0.717, 1.165) is 11.3 Å². The third-order valence-corrected chi connectivity index (χ3v) is 7.46. The molecule has 0 unspecified atom stereocenters. The molecular formula is C22H21ClN4O7S2. The molecule has 11 nitrogen and oxygen atoms in total. The molecule has 0 spiro atoms. The van der Waals surface area contributed by atoms with Crippen LogP contribution >= 0.6 is 22.9 Å². The largest absolute Gasteiger partial charge is 0.393 e. The van der Waals surface area contributed by atoms with Crippen LogP contribution in [-0.2, 0) is 14.5 Å². The summed E-state index contributed by atoms with van der Waals surface area (Å²) in [5.41, 5.74) is -1.12. The fraction of sp³-hybridized carbons (Fsp3) is 0.273. The molecule has 1 aliphatic rings. The summed E-state index contributed by atoms with van der Waals surface area (Å²) in [6.07, 6.45) is 1.01. The van der Waals surface area contributed by atoms with Gasteiger partial charge in [-0.05, 0) is 6.07 Å². The molecule has 0 amide bonds. The molecule has 2 heterocycles. The second-order valence-electron chi connectivity index (χ2n) is 8.28. The molecule has 14 heteroatoms. The molecule has 190 valence electrons. The normalized spacial score (nSPS) is 21.9. The van der Waals surface area contributed by atoms with Crippen molar-refractivity contribution in [3.05, 3.63) is 74.8 Å². The SMILES string of the molecule is NS(=O)(=O)OC[C@H]1C[C@](O)(Nc2ncncc2C(=O)c2cc(C(=O)c3ccccc3)c(Cl)s2)C[C@@H]1O. The Morgan fingerprint density at radius 2 is 1.94 bits per heavy atom. The summed E-state index contributed by atoms with van der Waals surface area (Å²) in [7, 11) is -4.22. The number of carbonyl (C=O) groups is 2. The van der Waals surface area contributed by atoms with Crippen LogP contribution in [0, 0.1) is 5.92 Å². The van der Waals surface area contributed by atoms with Crippen molar-refractivity contribution in [3.63, 3.8) is 0 Å². The van der Waals surface area contributed by atoms with Crippen LogP contribution in [0.2, 0.25) is 4.34 Å². The molecule has 3 aromatic rings. The van der Waals surface area contributed by atoms with Crippen molar-refractivity contribution >= 4 is 50.6 Å². The van der Waals surface area contributed by atoms with Crippen molar-refractivity contribution in [3.8, 4) is 0 Å². The number of aromatic nitrogens is 2. The molecule has 1 fully saturated rings. The lowest BCUT2D eigenvalue weighted by molar-refractivity contribution is 0.0585. The summed E-state index contributed by atoms with van der Waals surface area (Å²) in [4.78, 5) is 34.2. The number of aliphatic hydroxyl groups excluding tert-OH is 1. The zero-order chi connectivity index (χ0) is 26.1. The highest BCUT2D eigenvalue weighted by molar-refractivity contribution is 7.84. The fourth-order valence-corrected chi connectivity index (χ4v) is 5.54. The number of hydrogen-bond acceptors (Lipinski definition) is 11. The fourth-order valence-electron chi connectivity index (χ4n) is 3.95. The monoisotopic (exact) mass is 552 g/mol. The first kappa shape index (κ1) is 26.3. The standard InChI is InChI=1S/C22H21ClN4O7S2/c23-20-14(18(29)12-4-2-1-3-5-12)6-17(35-20)19(30)15-9-25-11-26-21(15)27-22(31)7-13(16(28)8-22)10-34-36(24,32)33/h1-6,9,11,13,16,28,31H,7-8,10H2,(H2,24,32,33)(H,25,26,27)/t13-,16+,22-/m1/s1. The summed E-state index contributed by atoms with van der Waals surface area (Å²) in [6, 6.07) is 9.89. The van der Waals surface area contributed by atoms with Crippen molar-refractivity contribution in [1.82, 2.24) is 9.97 Å². The van der Waals surface area contributed by atoms with Gasteiger partial charge >= 0.3 is 10.3 Å². The Labute approximate surface area is 215 Å². The molecule has 3 atom stereocenters. The number of nitrogens with zero attached hydrogens (tertiary/aromatic N) is 2. The van der Waals surface area contributed by atoms with Gasteiger partial charge < -0.3 is 15.5 Å². The van der Waals surface area contributed by atoms with Gasteiger partial charge in [0, 0.05) is 30.5 Å². The molecule has 5 N–H and O–H groups in total. The van der Waals surface area contributed by atoms with E-state index in [1.807, 2.05) is 0 Å². The smallest absolute Gasteiger partial charge is 0.333 e. The van der Waals surface area contributed by atoms with Crippen LogP contribution in [0.3, 0.4) is 0 Å². The summed E-state index contributed by atoms with van der Waals surface area (Å²) >= 11 is 7.21. The Morgan fingerprint density at radius 1 is 1.22 bits per heavy atom. The Balaban J connectivity index is 1.55. The number of anilines is 1. The number of rotatable bonds is 9. The average molecular weight is 553 g/mol. The molecule has 0 aliphatic heterocycles. The first-order valence-electron chi connectivity index (χ1n) is 10.6. The van der Waals surface area contributed by atoms with Crippen LogP contribution in [0.1, 0.15) is 44.0 Å². The Kier molecular flexibility index (Phi) is 7.52. The highest BCUT2D eigenvalue weighted by Gasteiger charge is 2.44. The van der Waals surface area contributed by atoms with E-state index in [-0.39, 0.29) is 44.8 Å². The van der Waals surface area contributed by atoms with Gasteiger partial charge in [-0.2, -0.15) is 8.42 Å². The van der Waals surface area contributed by atoms with Gasteiger partial charge in [-0.1, -0.05) is 41.9 Å². The van der Waals surface area contributed by atoms with Crippen LogP contribution < -0.4 is 10.5 Å². The number of nitrogens with two attached hydrogens (primary N) is 1. The predicted molar refractivity (Wildman–Crippen MR) is 131 cm³/mol. The molecule has 36 heavy (non-hydrogen) atoms. The number of halogens is 1. The van der Waals surface area contributed by atoms with Gasteiger partial charge in [-0.25, -0.2) is 15.1 Å². The van der Waals surface area contributed by atoms with E-state index in [9.17, 15) is 28.2 Å². The highest BCUT2D eigenvalue weighted by atomic mass is 35.5. The van der Waals surface area contributed by atoms with Crippen LogP contribution in [0.25, 0.3) is 0 Å². The zero-order valence-corrected chi connectivity index (χ0v) is 20.9. The Hall–Kier alpha value is -2.78. The lowest BCUT2D eigenvalue weighted by Gasteiger charge is -2.25. The van der Waals surface area contributed by atoms with Crippen molar-refractivity contribution in [2.24, 2.45) is 11.1 Å². The van der Waals surface area contributed by atoms with Crippen LogP contribution in [0.5, 0.6) is 0 Å². The second-order valence-corrected chi connectivity index (χ2v) is 11.2. The predicted octanol–water partition coefficient (Wildman–Crippen LogP) is 1.75. The Morgan fingerprint density at radius 3 is 2.64 bits per heavy atom. The number of thiophene rings is 1. The summed E-state index contributed by atoms with van der Waals surface area (Å²) < 4.78 is 26.8. The number of hydrogen-bond donors (Lipinski definition) is 4. The maximum absolute atomic E-state index is 13.3. The number of ketones is 2. The quantitative estimate of drug-likeness (QED) is 0.225. The molecule has 0 bridgehead atoms. The van der Waals surface area contributed by atoms with Gasteiger partial charge in [-0.3, -0.25) is 13.8 Å². The highest BCUT2D eigenvalue weighted by Crippen LogP contribution is 2.37. The van der Waals surface area contributed by atoms with E-state index in [1.165, 1.54) is 18.6 Å². The summed E-state index contributed by atoms with van der Waals surface area (Å²) in [5, 5.41) is 28.9. The van der Waals surface area contributed by atoms with Crippen molar-refractivity contribution in [2.45, 2.75) is 24.7 Å². The molecule has 2 aromatic heterocycles. The number of nitrogens with one attached hydrogen (secondary N) is 1. The lowest BCUT2D eigenvalue weighted by atomic mass is 10.0. The van der Waals surface area contributed by atoms with Gasteiger partial charge in [0.1, 0.15) is 22.2 Å². The van der Waals surface area contributed by atoms with Crippen molar-refractivity contribution in [2.75, 3.05) is 11.9 Å². The minimum atomic E-state index is -4.22. The van der Waals surface area contributed by atoms with Gasteiger partial charge in [-0.15, -0.1) is 11.3 Å². The van der Waals surface area contributed by atoms with E-state index in [1.54, 1.807) is 30.3 Å². The first-order valence-corrected chi connectivity index (χ1v) is 13.2.